The van der Waals surface area contributed by atoms with Crippen molar-refractivity contribution >= 4 is 28.9 Å². The van der Waals surface area contributed by atoms with Crippen LogP contribution in [0, 0.1) is 0 Å². The van der Waals surface area contributed by atoms with Crippen molar-refractivity contribution in [1.29, 1.82) is 0 Å². The Bertz CT molecular complexity index is 1260. The lowest BCUT2D eigenvalue weighted by Crippen LogP contribution is -2.32. The predicted molar refractivity (Wildman–Crippen MR) is 136 cm³/mol. The molecule has 0 aliphatic carbocycles. The highest BCUT2D eigenvalue weighted by Gasteiger charge is 2.41. The number of furan rings is 1. The average Bonchev–Trinajstić information content (AvgIpc) is 3.49. The van der Waals surface area contributed by atoms with Crippen molar-refractivity contribution < 1.29 is 9.21 Å². The van der Waals surface area contributed by atoms with Crippen molar-refractivity contribution in [2.24, 2.45) is 0 Å². The first-order valence-electron chi connectivity index (χ1n) is 11.2. The van der Waals surface area contributed by atoms with Gasteiger partial charge in [0.2, 0.25) is 5.91 Å². The van der Waals surface area contributed by atoms with Crippen molar-refractivity contribution in [3.63, 3.8) is 0 Å². The van der Waals surface area contributed by atoms with Gasteiger partial charge in [-0.2, -0.15) is 0 Å². The standard InChI is InChI=1S/C27H24N4O2S/c32-24(29-20-11-5-2-6-12-20)16-18-31-26(25(30-27(31)34)21-13-7-8-17-28-21)23-15-14-22(33-23)19-9-3-1-4-10-19/h1-15,17,25-26H,16,18H2,(H,29,32)(H,30,34)/t25-,26-/m1/s1. The van der Waals surface area contributed by atoms with Crippen LogP contribution in [0.15, 0.2) is 102 Å². The average molecular weight is 469 g/mol. The monoisotopic (exact) mass is 468 g/mol. The maximum absolute atomic E-state index is 12.6. The van der Waals surface area contributed by atoms with Crippen LogP contribution in [0.5, 0.6) is 0 Å². The Balaban J connectivity index is 1.40. The molecule has 6 nitrogen and oxygen atoms in total. The minimum absolute atomic E-state index is 0.0709. The summed E-state index contributed by atoms with van der Waals surface area (Å²) in [5.74, 6) is 1.48. The van der Waals surface area contributed by atoms with E-state index in [1.165, 1.54) is 0 Å². The quantitative estimate of drug-likeness (QED) is 0.357. The van der Waals surface area contributed by atoms with E-state index in [4.69, 9.17) is 16.6 Å². The second-order valence-corrected chi connectivity index (χ2v) is 8.44. The van der Waals surface area contributed by atoms with Crippen molar-refractivity contribution in [1.82, 2.24) is 15.2 Å². The van der Waals surface area contributed by atoms with Gasteiger partial charge in [0.1, 0.15) is 17.6 Å². The highest BCUT2D eigenvalue weighted by Crippen LogP contribution is 2.40. The van der Waals surface area contributed by atoms with Gasteiger partial charge in [-0.1, -0.05) is 54.6 Å². The molecular weight excluding hydrogens is 444 g/mol. The summed E-state index contributed by atoms with van der Waals surface area (Å²) in [6.07, 6.45) is 2.05. The summed E-state index contributed by atoms with van der Waals surface area (Å²) < 4.78 is 6.32. The largest absolute Gasteiger partial charge is 0.459 e. The van der Waals surface area contributed by atoms with E-state index >= 15 is 0 Å². The zero-order chi connectivity index (χ0) is 23.3. The van der Waals surface area contributed by atoms with Gasteiger partial charge in [-0.25, -0.2) is 0 Å². The van der Waals surface area contributed by atoms with E-state index < -0.39 is 0 Å². The number of thiocarbonyl (C=S) groups is 1. The summed E-state index contributed by atoms with van der Waals surface area (Å²) in [7, 11) is 0. The molecule has 2 N–H and O–H groups in total. The molecule has 34 heavy (non-hydrogen) atoms. The molecule has 2 aromatic carbocycles. The number of aromatic nitrogens is 1. The smallest absolute Gasteiger partial charge is 0.226 e. The van der Waals surface area contributed by atoms with Gasteiger partial charge >= 0.3 is 0 Å². The van der Waals surface area contributed by atoms with Crippen LogP contribution in [-0.4, -0.2) is 27.4 Å². The number of hydrogen-bond acceptors (Lipinski definition) is 4. The van der Waals surface area contributed by atoms with Crippen molar-refractivity contribution in [2.45, 2.75) is 18.5 Å². The zero-order valence-corrected chi connectivity index (χ0v) is 19.2. The van der Waals surface area contributed by atoms with Gasteiger partial charge in [0, 0.05) is 30.4 Å². The SMILES string of the molecule is O=C(CCN1C(=S)N[C@H](c2ccccn2)[C@H]1c1ccc(-c2ccccc2)o1)Nc1ccccc1. The molecule has 0 bridgehead atoms. The first-order chi connectivity index (χ1) is 16.7. The molecule has 1 saturated heterocycles. The van der Waals surface area contributed by atoms with Crippen LogP contribution in [0.25, 0.3) is 11.3 Å². The lowest BCUT2D eigenvalue weighted by atomic mass is 10.0. The van der Waals surface area contributed by atoms with Gasteiger partial charge in [0.05, 0.1) is 11.7 Å². The number of carbonyl (C=O) groups is 1. The Morgan fingerprint density at radius 2 is 1.71 bits per heavy atom. The number of amides is 1. The predicted octanol–water partition coefficient (Wildman–Crippen LogP) is 5.34. The number of para-hydroxylation sites is 1. The molecule has 4 aromatic rings. The molecule has 1 amide bonds. The highest BCUT2D eigenvalue weighted by atomic mass is 32.1. The minimum Gasteiger partial charge on any atom is -0.459 e. The van der Waals surface area contributed by atoms with E-state index in [0.29, 0.717) is 11.7 Å². The molecule has 1 fully saturated rings. The normalized spacial score (nSPS) is 17.4. The first-order valence-corrected chi connectivity index (χ1v) is 11.6. The van der Waals surface area contributed by atoms with Crippen LogP contribution < -0.4 is 10.6 Å². The van der Waals surface area contributed by atoms with E-state index in [9.17, 15) is 4.79 Å². The minimum atomic E-state index is -0.232. The molecule has 3 heterocycles. The van der Waals surface area contributed by atoms with Crippen LogP contribution in [0.4, 0.5) is 5.69 Å². The highest BCUT2D eigenvalue weighted by molar-refractivity contribution is 7.80. The summed E-state index contributed by atoms with van der Waals surface area (Å²) >= 11 is 5.69. The first kappa shape index (κ1) is 21.9. The Labute approximate surface area is 203 Å². The van der Waals surface area contributed by atoms with Crippen LogP contribution in [0.2, 0.25) is 0 Å². The third kappa shape index (κ3) is 4.70. The molecule has 0 spiro atoms. The van der Waals surface area contributed by atoms with Crippen LogP contribution in [0.1, 0.15) is 30.0 Å². The molecule has 7 heteroatoms. The fourth-order valence-electron chi connectivity index (χ4n) is 4.19. The fourth-order valence-corrected chi connectivity index (χ4v) is 4.52. The number of nitrogens with zero attached hydrogens (tertiary/aromatic N) is 2. The number of anilines is 1. The van der Waals surface area contributed by atoms with Gasteiger partial charge in [0.15, 0.2) is 5.11 Å². The summed E-state index contributed by atoms with van der Waals surface area (Å²) in [5.41, 5.74) is 2.64. The molecule has 0 unspecified atom stereocenters. The summed E-state index contributed by atoms with van der Waals surface area (Å²) in [5, 5.41) is 6.91. The number of nitrogens with one attached hydrogen (secondary N) is 2. The zero-order valence-electron chi connectivity index (χ0n) is 18.4. The second kappa shape index (κ2) is 9.89. The van der Waals surface area contributed by atoms with Crippen LogP contribution in [0.3, 0.4) is 0 Å². The number of carbonyl (C=O) groups excluding carboxylic acids is 1. The van der Waals surface area contributed by atoms with Crippen molar-refractivity contribution in [3.05, 3.63) is 109 Å². The molecule has 0 saturated carbocycles. The van der Waals surface area contributed by atoms with Crippen molar-refractivity contribution in [3.8, 4) is 11.3 Å². The van der Waals surface area contributed by atoms with Gasteiger partial charge < -0.3 is 20.0 Å². The number of rotatable bonds is 7. The molecule has 2 aromatic heterocycles. The van der Waals surface area contributed by atoms with E-state index in [1.807, 2.05) is 95.9 Å². The summed E-state index contributed by atoms with van der Waals surface area (Å²) in [4.78, 5) is 19.2. The number of hydrogen-bond donors (Lipinski definition) is 2. The lowest BCUT2D eigenvalue weighted by molar-refractivity contribution is -0.116. The third-order valence-electron chi connectivity index (χ3n) is 5.81. The number of benzene rings is 2. The maximum atomic E-state index is 12.6. The molecule has 1 aliphatic rings. The third-order valence-corrected chi connectivity index (χ3v) is 6.16. The number of pyridine rings is 1. The van der Waals surface area contributed by atoms with E-state index in [2.05, 4.69) is 15.6 Å². The topological polar surface area (TPSA) is 70.4 Å². The van der Waals surface area contributed by atoms with Crippen LogP contribution >= 0.6 is 12.2 Å². The van der Waals surface area contributed by atoms with Gasteiger partial charge in [-0.15, -0.1) is 0 Å². The molecular formula is C27H24N4O2S. The molecule has 2 atom stereocenters. The maximum Gasteiger partial charge on any atom is 0.226 e. The molecule has 0 radical (unpaired) electrons. The summed E-state index contributed by atoms with van der Waals surface area (Å²) in [6, 6.07) is 28.8. The lowest BCUT2D eigenvalue weighted by Gasteiger charge is -2.25. The molecule has 1 aliphatic heterocycles. The van der Waals surface area contributed by atoms with Crippen molar-refractivity contribution in [2.75, 3.05) is 11.9 Å². The van der Waals surface area contributed by atoms with Gasteiger partial charge in [-0.3, -0.25) is 9.78 Å². The Kier molecular flexibility index (Phi) is 6.35. The van der Waals surface area contributed by atoms with E-state index in [-0.39, 0.29) is 24.4 Å². The Morgan fingerprint density at radius 3 is 2.44 bits per heavy atom. The Hall–Kier alpha value is -3.97. The molecule has 5 rings (SSSR count). The fraction of sp³-hybridized carbons (Fsp3) is 0.148. The van der Waals surface area contributed by atoms with E-state index in [1.54, 1.807) is 6.20 Å². The summed E-state index contributed by atoms with van der Waals surface area (Å²) in [6.45, 7) is 0.444. The van der Waals surface area contributed by atoms with Gasteiger partial charge in [0.25, 0.3) is 0 Å². The molecule has 170 valence electrons. The van der Waals surface area contributed by atoms with Crippen LogP contribution in [-0.2, 0) is 4.79 Å². The second-order valence-electron chi connectivity index (χ2n) is 8.05. The van der Waals surface area contributed by atoms with E-state index in [0.717, 1.165) is 28.5 Å². The Morgan fingerprint density at radius 1 is 0.971 bits per heavy atom. The van der Waals surface area contributed by atoms with Gasteiger partial charge in [-0.05, 0) is 48.6 Å².